The molecule has 128 valence electrons. The molecule has 0 spiro atoms. The Morgan fingerprint density at radius 1 is 1.38 bits per heavy atom. The molecule has 1 aromatic heterocycles. The van der Waals surface area contributed by atoms with Crippen molar-refractivity contribution in [2.75, 3.05) is 19.6 Å². The lowest BCUT2D eigenvalue weighted by atomic mass is 10.1. The Morgan fingerprint density at radius 2 is 2.21 bits per heavy atom. The van der Waals surface area contributed by atoms with Crippen LogP contribution in [0.15, 0.2) is 40.9 Å². The van der Waals surface area contributed by atoms with Crippen LogP contribution in [0, 0.1) is 0 Å². The van der Waals surface area contributed by atoms with E-state index < -0.39 is 0 Å². The second kappa shape index (κ2) is 8.11. The molecule has 1 fully saturated rings. The summed E-state index contributed by atoms with van der Waals surface area (Å²) in [6.45, 7) is 4.84. The normalized spacial score (nSPS) is 17.1. The first-order valence-corrected chi connectivity index (χ1v) is 8.78. The van der Waals surface area contributed by atoms with Gasteiger partial charge in [0.1, 0.15) is 0 Å². The van der Waals surface area contributed by atoms with Crippen LogP contribution < -0.4 is 5.32 Å². The second-order valence-electron chi connectivity index (χ2n) is 6.22. The molecule has 2 heterocycles. The van der Waals surface area contributed by atoms with E-state index in [1.807, 2.05) is 35.2 Å². The number of oxazole rings is 1. The SMILES string of the molecule is CCCN(C(=O)CCc1ncc(-c2ccccc2)o1)C1CCNC1. The fourth-order valence-electron chi connectivity index (χ4n) is 3.18. The molecule has 1 atom stereocenters. The van der Waals surface area contributed by atoms with E-state index in [1.165, 1.54) is 0 Å². The average Bonchev–Trinajstić information content (AvgIpc) is 3.30. The number of benzene rings is 1. The number of carbonyl (C=O) groups is 1. The van der Waals surface area contributed by atoms with E-state index in [1.54, 1.807) is 6.20 Å². The van der Waals surface area contributed by atoms with Crippen molar-refractivity contribution in [1.29, 1.82) is 0 Å². The molecule has 1 aromatic carbocycles. The molecule has 0 saturated carbocycles. The molecule has 24 heavy (non-hydrogen) atoms. The van der Waals surface area contributed by atoms with Crippen molar-refractivity contribution in [3.63, 3.8) is 0 Å². The number of hydrogen-bond donors (Lipinski definition) is 1. The zero-order valence-electron chi connectivity index (χ0n) is 14.2. The van der Waals surface area contributed by atoms with Gasteiger partial charge < -0.3 is 14.6 Å². The number of amides is 1. The Hall–Kier alpha value is -2.14. The highest BCUT2D eigenvalue weighted by Gasteiger charge is 2.25. The van der Waals surface area contributed by atoms with Gasteiger partial charge in [0.15, 0.2) is 11.7 Å². The van der Waals surface area contributed by atoms with Crippen molar-refractivity contribution in [2.24, 2.45) is 0 Å². The van der Waals surface area contributed by atoms with E-state index >= 15 is 0 Å². The smallest absolute Gasteiger partial charge is 0.223 e. The van der Waals surface area contributed by atoms with Crippen LogP contribution in [0.4, 0.5) is 0 Å². The molecule has 1 aliphatic heterocycles. The molecule has 1 aliphatic rings. The number of nitrogens with zero attached hydrogens (tertiary/aromatic N) is 2. The molecule has 0 radical (unpaired) electrons. The monoisotopic (exact) mass is 327 g/mol. The Morgan fingerprint density at radius 3 is 2.92 bits per heavy atom. The topological polar surface area (TPSA) is 58.4 Å². The van der Waals surface area contributed by atoms with Crippen molar-refractivity contribution in [3.05, 3.63) is 42.4 Å². The predicted octanol–water partition coefficient (Wildman–Crippen LogP) is 2.87. The van der Waals surface area contributed by atoms with E-state index in [-0.39, 0.29) is 5.91 Å². The van der Waals surface area contributed by atoms with Gasteiger partial charge in [0.05, 0.1) is 6.20 Å². The molecule has 1 amide bonds. The van der Waals surface area contributed by atoms with E-state index in [0.717, 1.165) is 43.8 Å². The van der Waals surface area contributed by atoms with Gasteiger partial charge in [-0.3, -0.25) is 4.79 Å². The third-order valence-corrected chi connectivity index (χ3v) is 4.42. The van der Waals surface area contributed by atoms with Crippen molar-refractivity contribution in [2.45, 2.75) is 38.6 Å². The summed E-state index contributed by atoms with van der Waals surface area (Å²) in [5, 5.41) is 3.34. The molecule has 3 rings (SSSR count). The molecule has 0 aliphatic carbocycles. The quantitative estimate of drug-likeness (QED) is 0.849. The largest absolute Gasteiger partial charge is 0.441 e. The molecule has 1 N–H and O–H groups in total. The minimum atomic E-state index is 0.199. The molecule has 5 heteroatoms. The van der Waals surface area contributed by atoms with Crippen LogP contribution in [0.2, 0.25) is 0 Å². The molecule has 1 saturated heterocycles. The number of aryl methyl sites for hydroxylation is 1. The second-order valence-corrected chi connectivity index (χ2v) is 6.22. The summed E-state index contributed by atoms with van der Waals surface area (Å²) in [5.74, 6) is 1.58. The summed E-state index contributed by atoms with van der Waals surface area (Å²) >= 11 is 0. The van der Waals surface area contributed by atoms with E-state index in [0.29, 0.717) is 24.8 Å². The summed E-state index contributed by atoms with van der Waals surface area (Å²) in [5.41, 5.74) is 1.01. The standard InChI is InChI=1S/C19H25N3O2/c1-2-12-22(16-10-11-20-13-16)19(23)9-8-18-21-14-17(24-18)15-6-4-3-5-7-15/h3-7,14,16,20H,2,8-13H2,1H3. The number of carbonyl (C=O) groups excluding carboxylic acids is 1. The highest BCUT2D eigenvalue weighted by atomic mass is 16.4. The van der Waals surface area contributed by atoms with Crippen molar-refractivity contribution in [1.82, 2.24) is 15.2 Å². The first-order chi connectivity index (χ1) is 11.8. The molecule has 5 nitrogen and oxygen atoms in total. The lowest BCUT2D eigenvalue weighted by Crippen LogP contribution is -2.42. The lowest BCUT2D eigenvalue weighted by molar-refractivity contribution is -0.133. The summed E-state index contributed by atoms with van der Waals surface area (Å²) in [6.07, 6.45) is 4.76. The van der Waals surface area contributed by atoms with Gasteiger partial charge in [-0.25, -0.2) is 4.98 Å². The van der Waals surface area contributed by atoms with Gasteiger partial charge in [0, 0.05) is 37.5 Å². The predicted molar refractivity (Wildman–Crippen MR) is 93.5 cm³/mol. The van der Waals surface area contributed by atoms with Crippen molar-refractivity contribution in [3.8, 4) is 11.3 Å². The highest BCUT2D eigenvalue weighted by Crippen LogP contribution is 2.20. The van der Waals surface area contributed by atoms with Gasteiger partial charge in [0.2, 0.25) is 5.91 Å². The summed E-state index contributed by atoms with van der Waals surface area (Å²) in [7, 11) is 0. The van der Waals surface area contributed by atoms with Gasteiger partial charge in [-0.15, -0.1) is 0 Å². The minimum Gasteiger partial charge on any atom is -0.441 e. The third kappa shape index (κ3) is 4.03. The zero-order chi connectivity index (χ0) is 16.8. The lowest BCUT2D eigenvalue weighted by Gasteiger charge is -2.28. The van der Waals surface area contributed by atoms with Gasteiger partial charge in [0.25, 0.3) is 0 Å². The van der Waals surface area contributed by atoms with Crippen LogP contribution in [0.5, 0.6) is 0 Å². The zero-order valence-corrected chi connectivity index (χ0v) is 14.2. The Balaban J connectivity index is 1.58. The van der Waals surface area contributed by atoms with Crippen LogP contribution in [0.25, 0.3) is 11.3 Å². The van der Waals surface area contributed by atoms with Crippen LogP contribution in [-0.2, 0) is 11.2 Å². The maximum Gasteiger partial charge on any atom is 0.223 e. The molecule has 2 aromatic rings. The number of rotatable bonds is 7. The van der Waals surface area contributed by atoms with E-state index in [4.69, 9.17) is 4.42 Å². The van der Waals surface area contributed by atoms with Crippen LogP contribution >= 0.6 is 0 Å². The van der Waals surface area contributed by atoms with E-state index in [9.17, 15) is 4.79 Å². The summed E-state index contributed by atoms with van der Waals surface area (Å²) < 4.78 is 5.79. The molecular weight excluding hydrogens is 302 g/mol. The Labute approximate surface area is 143 Å². The fraction of sp³-hybridized carbons (Fsp3) is 0.474. The molecule has 1 unspecified atom stereocenters. The van der Waals surface area contributed by atoms with Crippen LogP contribution in [0.1, 0.15) is 32.1 Å². The van der Waals surface area contributed by atoms with Crippen molar-refractivity contribution < 1.29 is 9.21 Å². The summed E-state index contributed by atoms with van der Waals surface area (Å²) in [6, 6.07) is 10.2. The maximum atomic E-state index is 12.6. The van der Waals surface area contributed by atoms with Gasteiger partial charge in [-0.05, 0) is 19.4 Å². The van der Waals surface area contributed by atoms with Gasteiger partial charge in [-0.1, -0.05) is 37.3 Å². The van der Waals surface area contributed by atoms with Crippen LogP contribution in [-0.4, -0.2) is 41.5 Å². The Bertz CT molecular complexity index is 648. The number of nitrogens with one attached hydrogen (secondary N) is 1. The van der Waals surface area contributed by atoms with E-state index in [2.05, 4.69) is 17.2 Å². The van der Waals surface area contributed by atoms with Gasteiger partial charge >= 0.3 is 0 Å². The average molecular weight is 327 g/mol. The minimum absolute atomic E-state index is 0.199. The van der Waals surface area contributed by atoms with Crippen LogP contribution in [0.3, 0.4) is 0 Å². The first kappa shape index (κ1) is 16.7. The fourth-order valence-corrected chi connectivity index (χ4v) is 3.18. The third-order valence-electron chi connectivity index (χ3n) is 4.42. The van der Waals surface area contributed by atoms with Crippen molar-refractivity contribution >= 4 is 5.91 Å². The van der Waals surface area contributed by atoms with Gasteiger partial charge in [-0.2, -0.15) is 0 Å². The first-order valence-electron chi connectivity index (χ1n) is 8.78. The number of hydrogen-bond acceptors (Lipinski definition) is 4. The summed E-state index contributed by atoms with van der Waals surface area (Å²) in [4.78, 5) is 18.9. The Kier molecular flexibility index (Phi) is 5.64. The maximum absolute atomic E-state index is 12.6. The highest BCUT2D eigenvalue weighted by molar-refractivity contribution is 5.76. The molecule has 0 bridgehead atoms. The molecular formula is C19H25N3O2. The number of aromatic nitrogens is 1.